The van der Waals surface area contributed by atoms with Crippen LogP contribution in [0.1, 0.15) is 48.0 Å². The van der Waals surface area contributed by atoms with Crippen molar-refractivity contribution in [1.82, 2.24) is 0 Å². The summed E-state index contributed by atoms with van der Waals surface area (Å²) in [6, 6.07) is 0. The molecule has 0 heterocycles. The van der Waals surface area contributed by atoms with Crippen LogP contribution in [-0.2, 0) is 0 Å². The first-order valence-electron chi connectivity index (χ1n) is 5.45. The molecule has 3 heteroatoms. The fourth-order valence-corrected chi connectivity index (χ4v) is 3.43. The van der Waals surface area contributed by atoms with E-state index in [4.69, 9.17) is 0 Å². The summed E-state index contributed by atoms with van der Waals surface area (Å²) in [7, 11) is 0. The van der Waals surface area contributed by atoms with Gasteiger partial charge in [0.05, 0.1) is 5.41 Å². The zero-order chi connectivity index (χ0) is 11.1. The Morgan fingerprint density at radius 3 is 1.53 bits per heavy atom. The standard InChI is InChI=1S/C9H13F3.C2H6.CH4/c1-5-6-3-4-7(5)8(6,2)9(10,11)12;1-2;/h5-7H,3-4H2,1-2H3;1-2H3;1H4/t5?,6-,7+,8?;;. The van der Waals surface area contributed by atoms with Crippen molar-refractivity contribution in [2.45, 2.75) is 54.1 Å². The summed E-state index contributed by atoms with van der Waals surface area (Å²) in [6.45, 7) is 7.35. The summed E-state index contributed by atoms with van der Waals surface area (Å²) in [5.74, 6) is 0.113. The molecule has 3 rings (SSSR count). The molecule has 3 saturated carbocycles. The van der Waals surface area contributed by atoms with Gasteiger partial charge < -0.3 is 0 Å². The first kappa shape index (κ1) is 14.8. The minimum Gasteiger partial charge on any atom is -0.170 e. The van der Waals surface area contributed by atoms with Crippen LogP contribution in [0.2, 0.25) is 0 Å². The third kappa shape index (κ3) is 1.68. The molecular weight excluding hydrogens is 201 g/mol. The van der Waals surface area contributed by atoms with E-state index >= 15 is 0 Å². The first-order valence-corrected chi connectivity index (χ1v) is 5.45. The van der Waals surface area contributed by atoms with Gasteiger partial charge in [-0.2, -0.15) is 13.2 Å². The van der Waals surface area contributed by atoms with Crippen LogP contribution in [0.15, 0.2) is 0 Å². The molecule has 92 valence electrons. The minimum atomic E-state index is -3.98. The zero-order valence-electron chi connectivity index (χ0n) is 9.28. The van der Waals surface area contributed by atoms with Crippen LogP contribution in [-0.4, -0.2) is 6.18 Å². The van der Waals surface area contributed by atoms with E-state index in [1.807, 2.05) is 20.8 Å². The van der Waals surface area contributed by atoms with E-state index in [1.54, 1.807) is 0 Å². The quantitative estimate of drug-likeness (QED) is 0.549. The average molecular weight is 224 g/mol. The van der Waals surface area contributed by atoms with Crippen molar-refractivity contribution in [2.24, 2.45) is 23.2 Å². The van der Waals surface area contributed by atoms with Gasteiger partial charge in [-0.05, 0) is 30.6 Å². The Bertz CT molecular complexity index is 195. The van der Waals surface area contributed by atoms with Crippen molar-refractivity contribution < 1.29 is 13.2 Å². The maximum Gasteiger partial charge on any atom is 0.394 e. The van der Waals surface area contributed by atoms with Crippen molar-refractivity contribution in [1.29, 1.82) is 0 Å². The summed E-state index contributed by atoms with van der Waals surface area (Å²) in [6.07, 6.45) is -2.42. The predicted octanol–water partition coefficient (Wildman–Crippen LogP) is 4.89. The molecule has 0 aromatic carbocycles. The van der Waals surface area contributed by atoms with E-state index in [2.05, 4.69) is 0 Å². The van der Waals surface area contributed by atoms with E-state index in [-0.39, 0.29) is 19.3 Å². The lowest BCUT2D eigenvalue weighted by Gasteiger charge is -2.53. The molecule has 0 aromatic rings. The lowest BCUT2D eigenvalue weighted by atomic mass is 9.53. The molecule has 15 heavy (non-hydrogen) atoms. The molecule has 3 aliphatic rings. The molecule has 0 aliphatic heterocycles. The van der Waals surface area contributed by atoms with Crippen LogP contribution >= 0.6 is 0 Å². The normalized spacial score (nSPS) is 42.2. The molecule has 0 N–H and O–H groups in total. The maximum absolute atomic E-state index is 12.6. The summed E-state index contributed by atoms with van der Waals surface area (Å²) >= 11 is 0. The fourth-order valence-electron chi connectivity index (χ4n) is 3.43. The van der Waals surface area contributed by atoms with Gasteiger partial charge in [0.25, 0.3) is 0 Å². The van der Waals surface area contributed by atoms with Gasteiger partial charge in [-0.1, -0.05) is 35.1 Å². The largest absolute Gasteiger partial charge is 0.394 e. The lowest BCUT2D eigenvalue weighted by Crippen LogP contribution is -2.56. The molecule has 2 bridgehead atoms. The highest BCUT2D eigenvalue weighted by Crippen LogP contribution is 2.71. The van der Waals surface area contributed by atoms with Crippen LogP contribution in [0.4, 0.5) is 13.2 Å². The van der Waals surface area contributed by atoms with E-state index in [1.165, 1.54) is 6.92 Å². The summed E-state index contributed by atoms with van der Waals surface area (Å²) in [4.78, 5) is 0. The van der Waals surface area contributed by atoms with Crippen molar-refractivity contribution in [3.63, 3.8) is 0 Å². The number of fused-ring (bicyclic) bond motifs is 1. The highest BCUT2D eigenvalue weighted by Gasteiger charge is 2.72. The molecule has 0 amide bonds. The molecule has 0 nitrogen and oxygen atoms in total. The average Bonchev–Trinajstić information content (AvgIpc) is 2.66. The number of alkyl halides is 3. The van der Waals surface area contributed by atoms with E-state index < -0.39 is 11.6 Å². The molecule has 3 aliphatic carbocycles. The smallest absolute Gasteiger partial charge is 0.170 e. The molecule has 0 spiro atoms. The summed E-state index contributed by atoms with van der Waals surface area (Å²) in [5.41, 5.74) is -1.34. The predicted molar refractivity (Wildman–Crippen MR) is 57.6 cm³/mol. The molecule has 0 saturated heterocycles. The Morgan fingerprint density at radius 2 is 1.40 bits per heavy atom. The maximum atomic E-state index is 12.6. The third-order valence-corrected chi connectivity index (χ3v) is 4.21. The lowest BCUT2D eigenvalue weighted by molar-refractivity contribution is -0.291. The van der Waals surface area contributed by atoms with Gasteiger partial charge in [0.2, 0.25) is 0 Å². The molecule has 0 radical (unpaired) electrons. The topological polar surface area (TPSA) is 0 Å². The molecule has 2 unspecified atom stereocenters. The summed E-state index contributed by atoms with van der Waals surface area (Å²) < 4.78 is 37.8. The van der Waals surface area contributed by atoms with Crippen molar-refractivity contribution in [2.75, 3.05) is 0 Å². The second-order valence-electron chi connectivity index (χ2n) is 4.43. The fraction of sp³-hybridized carbons (Fsp3) is 1.00. The Balaban J connectivity index is 0.000000617. The second-order valence-corrected chi connectivity index (χ2v) is 4.43. The summed E-state index contributed by atoms with van der Waals surface area (Å²) in [5, 5.41) is 0. The molecule has 3 fully saturated rings. The SMILES string of the molecule is C.CC.CC1[C@H]2CC[C@@H]1C2(C)C(F)(F)F. The van der Waals surface area contributed by atoms with Gasteiger partial charge in [-0.25, -0.2) is 0 Å². The van der Waals surface area contributed by atoms with E-state index in [0.717, 1.165) is 12.8 Å². The Morgan fingerprint density at radius 1 is 1.07 bits per heavy atom. The van der Waals surface area contributed by atoms with Gasteiger partial charge >= 0.3 is 6.18 Å². The number of halogens is 3. The van der Waals surface area contributed by atoms with Gasteiger partial charge in [-0.15, -0.1) is 0 Å². The monoisotopic (exact) mass is 224 g/mol. The number of hydrogen-bond donors (Lipinski definition) is 0. The molecular formula is C12H23F3. The number of hydrogen-bond acceptors (Lipinski definition) is 0. The highest BCUT2D eigenvalue weighted by atomic mass is 19.4. The van der Waals surface area contributed by atoms with E-state index in [0.29, 0.717) is 5.92 Å². The van der Waals surface area contributed by atoms with Crippen molar-refractivity contribution in [3.05, 3.63) is 0 Å². The highest BCUT2D eigenvalue weighted by molar-refractivity contribution is 5.12. The van der Waals surface area contributed by atoms with Crippen LogP contribution in [0.3, 0.4) is 0 Å². The van der Waals surface area contributed by atoms with Crippen molar-refractivity contribution >= 4 is 0 Å². The van der Waals surface area contributed by atoms with Crippen LogP contribution in [0.5, 0.6) is 0 Å². The first-order chi connectivity index (χ1) is 6.39. The molecule has 0 aromatic heterocycles. The van der Waals surface area contributed by atoms with Crippen LogP contribution in [0, 0.1) is 23.2 Å². The van der Waals surface area contributed by atoms with Crippen LogP contribution < -0.4 is 0 Å². The Kier molecular flexibility index (Phi) is 4.28. The van der Waals surface area contributed by atoms with Gasteiger partial charge in [0.1, 0.15) is 0 Å². The van der Waals surface area contributed by atoms with Crippen molar-refractivity contribution in [3.8, 4) is 0 Å². The van der Waals surface area contributed by atoms with Gasteiger partial charge in [0.15, 0.2) is 0 Å². The zero-order valence-corrected chi connectivity index (χ0v) is 9.28. The minimum absolute atomic E-state index is 0. The third-order valence-electron chi connectivity index (χ3n) is 4.21. The Hall–Kier alpha value is -0.210. The molecule has 4 atom stereocenters. The Labute approximate surface area is 91.3 Å². The van der Waals surface area contributed by atoms with Crippen LogP contribution in [0.25, 0.3) is 0 Å². The second kappa shape index (κ2) is 4.34. The van der Waals surface area contributed by atoms with Gasteiger partial charge in [-0.3, -0.25) is 0 Å². The number of rotatable bonds is 0. The van der Waals surface area contributed by atoms with E-state index in [9.17, 15) is 13.2 Å². The van der Waals surface area contributed by atoms with Gasteiger partial charge in [0, 0.05) is 0 Å².